The summed E-state index contributed by atoms with van der Waals surface area (Å²) >= 11 is 0. The molecule has 0 amide bonds. The molecule has 11 aromatic carbocycles. The SMILES string of the molecule is CC.CC.CC.CC.CC.CC.CC.CC.CC.CC.Cc1c[c-]c(-c2[c-]cc(C)cc2)cc1.Cc1c[c-]c(-c2[c-]ccc(C)c2)cc1.Cc1cc[c-]c(-c2[c-]ccc(C)c2)c1.Cc1ccc(C)cc1.Cc1ccc2cc(C)ccc2c1.Cc1cccc(C)c1.Cc1ccccc1C.[Y].[Y].[Y]. The van der Waals surface area contributed by atoms with E-state index in [1.54, 1.807) is 0 Å². The molecule has 3 heteroatoms. The Morgan fingerprint density at radius 1 is 0.168 bits per heavy atom. The second-order valence-corrected chi connectivity index (χ2v) is 20.4. The molecule has 0 nitrogen and oxygen atoms in total. The summed E-state index contributed by atoms with van der Waals surface area (Å²) in [5.74, 6) is 0. The van der Waals surface area contributed by atoms with Crippen LogP contribution in [-0.2, 0) is 98.1 Å². The second kappa shape index (κ2) is 79.1. The van der Waals surface area contributed by atoms with Gasteiger partial charge in [-0.25, -0.2) is 33.4 Å². The first-order chi connectivity index (χ1) is 47.4. The molecule has 11 aromatic rings. The molecule has 0 saturated heterocycles. The van der Waals surface area contributed by atoms with Crippen molar-refractivity contribution in [3.63, 3.8) is 0 Å². The Morgan fingerprint density at radius 3 is 0.604 bits per heavy atom. The van der Waals surface area contributed by atoms with Gasteiger partial charge < -0.3 is 0 Å². The molecule has 0 saturated carbocycles. The van der Waals surface area contributed by atoms with E-state index in [9.17, 15) is 0 Å². The summed E-state index contributed by atoms with van der Waals surface area (Å²) in [4.78, 5) is 0. The van der Waals surface area contributed by atoms with Crippen molar-refractivity contribution >= 4 is 10.8 Å². The van der Waals surface area contributed by atoms with E-state index < -0.39 is 0 Å². The van der Waals surface area contributed by atoms with Crippen molar-refractivity contribution in [2.24, 2.45) is 0 Å². The number of rotatable bonds is 3. The van der Waals surface area contributed by atoms with Crippen molar-refractivity contribution in [1.29, 1.82) is 0 Å². The van der Waals surface area contributed by atoms with Crippen LogP contribution in [-0.4, -0.2) is 0 Å². The maximum atomic E-state index is 3.25. The molecule has 0 aliphatic carbocycles. The second-order valence-electron chi connectivity index (χ2n) is 20.4. The molecule has 11 rings (SSSR count). The topological polar surface area (TPSA) is 0 Å². The molecule has 0 unspecified atom stereocenters. The monoisotopic (exact) mass is 1580 g/mol. The quantitative estimate of drug-likeness (QED) is 0.155. The van der Waals surface area contributed by atoms with Gasteiger partial charge >= 0.3 is 0 Å². The Bertz CT molecular complexity index is 3330. The van der Waals surface area contributed by atoms with Gasteiger partial charge in [-0.05, 0) is 77.3 Å². The van der Waals surface area contributed by atoms with Gasteiger partial charge in [0.05, 0.1) is 0 Å². The molecule has 545 valence electrons. The zero-order valence-corrected chi connectivity index (χ0v) is 79.0. The maximum absolute atomic E-state index is 3.25. The van der Waals surface area contributed by atoms with E-state index >= 15 is 0 Å². The van der Waals surface area contributed by atoms with Gasteiger partial charge in [-0.3, -0.25) is 0 Å². The van der Waals surface area contributed by atoms with Crippen LogP contribution in [0.25, 0.3) is 44.2 Å². The average molecular weight is 1580 g/mol. The number of fused-ring (bicyclic) bond motifs is 1. The molecule has 0 fully saturated rings. The Kier molecular flexibility index (Phi) is 89.7. The summed E-state index contributed by atoms with van der Waals surface area (Å²) in [5, 5.41) is 2.67. The zero-order valence-electron chi connectivity index (χ0n) is 70.5. The summed E-state index contributed by atoms with van der Waals surface area (Å²) in [5.41, 5.74) is 24.9. The van der Waals surface area contributed by atoms with Gasteiger partial charge in [-0.15, -0.1) is 51.6 Å². The van der Waals surface area contributed by atoms with E-state index in [0.717, 1.165) is 33.4 Å². The van der Waals surface area contributed by atoms with Crippen LogP contribution in [0.1, 0.15) is 216 Å². The van der Waals surface area contributed by atoms with E-state index in [1.165, 1.54) is 88.7 Å². The van der Waals surface area contributed by atoms with Gasteiger partial charge in [-0.2, -0.15) is 127 Å². The molecule has 3 radical (unpaired) electrons. The molecule has 0 heterocycles. The predicted molar refractivity (Wildman–Crippen MR) is 452 cm³/mol. The van der Waals surface area contributed by atoms with E-state index in [4.69, 9.17) is 0 Å². The summed E-state index contributed by atoms with van der Waals surface area (Å²) in [6, 6.07) is 94.7. The molecule has 0 N–H and O–H groups in total. The van der Waals surface area contributed by atoms with Crippen LogP contribution in [0.5, 0.6) is 0 Å². The Labute approximate surface area is 702 Å². The molecular formula is C98H138Y3-6. The van der Waals surface area contributed by atoms with Crippen molar-refractivity contribution in [3.05, 3.63) is 333 Å². The van der Waals surface area contributed by atoms with Gasteiger partial charge in [0.1, 0.15) is 0 Å². The van der Waals surface area contributed by atoms with Gasteiger partial charge in [0, 0.05) is 98.1 Å². The predicted octanol–water partition coefficient (Wildman–Crippen LogP) is 31.3. The minimum Gasteiger partial charge on any atom is -0.226 e. The number of hydrogen-bond donors (Lipinski definition) is 0. The summed E-state index contributed by atoms with van der Waals surface area (Å²) in [6.45, 7) is 69.4. The fourth-order valence-electron chi connectivity index (χ4n) is 7.81. The normalized spacial score (nSPS) is 8.26. The van der Waals surface area contributed by atoms with Gasteiger partial charge in [0.2, 0.25) is 0 Å². The van der Waals surface area contributed by atoms with Crippen molar-refractivity contribution in [3.8, 4) is 33.4 Å². The van der Waals surface area contributed by atoms with Crippen LogP contribution in [0.4, 0.5) is 0 Å². The average Bonchev–Trinajstić information content (AvgIpc) is 0.778. The fraction of sp³-hybridized carbons (Fsp3) is 0.347. The standard InChI is InChI=1S/3C14H12.C12H12.3C8H10.10C2H6.3Y/c1-11-3-7-13(8-4-11)14-9-5-12(2)6-10-14;1-11-5-3-7-13(9-11)14-8-4-6-12(2)10-14;1-11-6-8-13(9-7-11)14-5-3-4-12(2)10-14;1-9-3-5-12-8-10(2)4-6-11(12)7-9;1-7-3-5-8(2)6-4-7;1-7-4-3-5-8(2)6-7;1-7-5-3-4-6-8(7)2;10*1-2;;;/h3-7,9H,1-2H3;3-6,9-10H,1-2H3;3-4,6-8,10H,1-2H3;3-8H,1-2H3;3*3-6H,1-2H3;10*1-2H3;;;/q3*-2;;;;;;;;;;;;;;;;;. The van der Waals surface area contributed by atoms with E-state index in [2.05, 4.69) is 315 Å². The molecule has 0 aliphatic heterocycles. The van der Waals surface area contributed by atoms with Crippen molar-refractivity contribution in [1.82, 2.24) is 0 Å². The summed E-state index contributed by atoms with van der Waals surface area (Å²) in [7, 11) is 0. The third kappa shape index (κ3) is 57.1. The first-order valence-corrected chi connectivity index (χ1v) is 36.9. The van der Waals surface area contributed by atoms with Gasteiger partial charge in [0.15, 0.2) is 0 Å². The first kappa shape index (κ1) is 114. The smallest absolute Gasteiger partial charge is 0 e. The molecule has 0 spiro atoms. The third-order valence-corrected chi connectivity index (χ3v) is 12.6. The molecule has 101 heavy (non-hydrogen) atoms. The third-order valence-electron chi connectivity index (χ3n) is 12.6. The van der Waals surface area contributed by atoms with Gasteiger partial charge in [-0.1, -0.05) is 323 Å². The molecule has 0 atom stereocenters. The van der Waals surface area contributed by atoms with Crippen molar-refractivity contribution in [2.75, 3.05) is 0 Å². The minimum absolute atomic E-state index is 0. The van der Waals surface area contributed by atoms with Crippen LogP contribution < -0.4 is 0 Å². The van der Waals surface area contributed by atoms with Crippen molar-refractivity contribution in [2.45, 2.75) is 235 Å². The van der Waals surface area contributed by atoms with E-state index in [-0.39, 0.29) is 98.1 Å². The number of hydrogen-bond acceptors (Lipinski definition) is 0. The zero-order chi connectivity index (χ0) is 76.4. The van der Waals surface area contributed by atoms with Crippen LogP contribution in [0, 0.1) is 133 Å². The Hall–Kier alpha value is -5.01. The molecular weight excluding hydrogens is 1440 g/mol. The first-order valence-electron chi connectivity index (χ1n) is 36.9. The van der Waals surface area contributed by atoms with Crippen molar-refractivity contribution < 1.29 is 98.1 Å². The minimum atomic E-state index is 0. The summed E-state index contributed by atoms with van der Waals surface area (Å²) < 4.78 is 0. The number of aryl methyl sites for hydroxylation is 14. The Balaban J connectivity index is -0.000000134. The van der Waals surface area contributed by atoms with Crippen LogP contribution >= 0.6 is 0 Å². The van der Waals surface area contributed by atoms with E-state index in [0.29, 0.717) is 0 Å². The summed E-state index contributed by atoms with van der Waals surface area (Å²) in [6.07, 6.45) is 0. The van der Waals surface area contributed by atoms with Crippen LogP contribution in [0.3, 0.4) is 0 Å². The molecule has 0 aliphatic rings. The number of benzene rings is 11. The molecule has 0 bridgehead atoms. The van der Waals surface area contributed by atoms with Crippen LogP contribution in [0.15, 0.2) is 218 Å². The molecule has 0 aromatic heterocycles. The largest absolute Gasteiger partial charge is 0.226 e. The fourth-order valence-corrected chi connectivity index (χ4v) is 7.81. The van der Waals surface area contributed by atoms with E-state index in [1.807, 2.05) is 175 Å². The maximum Gasteiger partial charge on any atom is 0 e. The Morgan fingerprint density at radius 2 is 0.386 bits per heavy atom. The van der Waals surface area contributed by atoms with Crippen LogP contribution in [0.2, 0.25) is 0 Å². The van der Waals surface area contributed by atoms with Gasteiger partial charge in [0.25, 0.3) is 0 Å².